The number of rotatable bonds is 5. The number of methoxy groups -OCH3 is 1. The smallest absolute Gasteiger partial charge is 0.358 e. The monoisotopic (exact) mass is 355 g/mol. The number of non-ortho nitro benzene ring substituents is 1. The van der Waals surface area contributed by atoms with Gasteiger partial charge in [-0.15, -0.1) is 0 Å². The second-order valence-corrected chi connectivity index (χ2v) is 6.05. The molecule has 0 radical (unpaired) electrons. The molecule has 3 aromatic rings. The number of carbonyl (C=O) groups is 1. The van der Waals surface area contributed by atoms with E-state index in [1.165, 1.54) is 31.0 Å². The van der Waals surface area contributed by atoms with Crippen LogP contribution in [-0.4, -0.2) is 27.8 Å². The van der Waals surface area contributed by atoms with Crippen molar-refractivity contribution in [2.75, 3.05) is 7.11 Å². The van der Waals surface area contributed by atoms with Gasteiger partial charge in [-0.1, -0.05) is 30.0 Å². The van der Waals surface area contributed by atoms with Crippen LogP contribution in [-0.2, 0) is 4.74 Å². The van der Waals surface area contributed by atoms with E-state index in [2.05, 4.69) is 5.10 Å². The Labute approximate surface area is 147 Å². The van der Waals surface area contributed by atoms with Crippen LogP contribution in [0, 0.1) is 10.1 Å². The van der Waals surface area contributed by atoms with Crippen molar-refractivity contribution in [3.63, 3.8) is 0 Å². The van der Waals surface area contributed by atoms with Gasteiger partial charge < -0.3 is 4.74 Å². The Kier molecular flexibility index (Phi) is 4.80. The lowest BCUT2D eigenvalue weighted by Crippen LogP contribution is -2.04. The lowest BCUT2D eigenvalue weighted by molar-refractivity contribution is -0.384. The Balaban J connectivity index is 2.02. The average Bonchev–Trinajstić information content (AvgIpc) is 3.05. The van der Waals surface area contributed by atoms with Gasteiger partial charge in [-0.3, -0.25) is 10.1 Å². The van der Waals surface area contributed by atoms with Crippen LogP contribution in [0.5, 0.6) is 0 Å². The van der Waals surface area contributed by atoms with Crippen LogP contribution < -0.4 is 0 Å². The van der Waals surface area contributed by atoms with Crippen LogP contribution >= 0.6 is 11.8 Å². The summed E-state index contributed by atoms with van der Waals surface area (Å²) in [4.78, 5) is 23.1. The highest BCUT2D eigenvalue weighted by molar-refractivity contribution is 7.99. The molecule has 0 fully saturated rings. The first kappa shape index (κ1) is 16.7. The van der Waals surface area contributed by atoms with Gasteiger partial charge in [-0.2, -0.15) is 5.10 Å². The van der Waals surface area contributed by atoms with E-state index in [9.17, 15) is 14.9 Å². The lowest BCUT2D eigenvalue weighted by atomic mass is 10.3. The lowest BCUT2D eigenvalue weighted by Gasteiger charge is -2.06. The highest BCUT2D eigenvalue weighted by Gasteiger charge is 2.17. The summed E-state index contributed by atoms with van der Waals surface area (Å²) in [6, 6.07) is 17.2. The van der Waals surface area contributed by atoms with E-state index >= 15 is 0 Å². The van der Waals surface area contributed by atoms with Gasteiger partial charge in [0.25, 0.3) is 5.69 Å². The fourth-order valence-electron chi connectivity index (χ4n) is 2.15. The number of hydrogen-bond donors (Lipinski definition) is 0. The van der Waals surface area contributed by atoms with Gasteiger partial charge in [0.2, 0.25) is 0 Å². The van der Waals surface area contributed by atoms with E-state index < -0.39 is 10.9 Å². The quantitative estimate of drug-likeness (QED) is 0.394. The predicted molar refractivity (Wildman–Crippen MR) is 92.1 cm³/mol. The van der Waals surface area contributed by atoms with Gasteiger partial charge in [0.1, 0.15) is 5.03 Å². The SMILES string of the molecule is COC(=O)c1cc(Sc2ccccc2)n(-c2ccc([N+](=O)[O-])cc2)n1. The van der Waals surface area contributed by atoms with Gasteiger partial charge in [0.05, 0.1) is 17.7 Å². The third-order valence-corrected chi connectivity index (χ3v) is 4.35. The van der Waals surface area contributed by atoms with Crippen molar-refractivity contribution in [1.82, 2.24) is 9.78 Å². The summed E-state index contributed by atoms with van der Waals surface area (Å²) in [7, 11) is 1.29. The summed E-state index contributed by atoms with van der Waals surface area (Å²) in [5.41, 5.74) is 0.764. The maximum atomic E-state index is 11.8. The molecule has 0 bridgehead atoms. The molecule has 0 amide bonds. The van der Waals surface area contributed by atoms with Gasteiger partial charge in [-0.05, 0) is 24.3 Å². The van der Waals surface area contributed by atoms with Crippen molar-refractivity contribution in [2.24, 2.45) is 0 Å². The Bertz CT molecular complexity index is 907. The van der Waals surface area contributed by atoms with Crippen LogP contribution in [0.4, 0.5) is 5.69 Å². The van der Waals surface area contributed by atoms with Gasteiger partial charge in [-0.25, -0.2) is 9.48 Å². The molecule has 0 saturated heterocycles. The molecule has 0 saturated carbocycles. The van der Waals surface area contributed by atoms with E-state index in [-0.39, 0.29) is 11.4 Å². The average molecular weight is 355 g/mol. The zero-order chi connectivity index (χ0) is 17.8. The predicted octanol–water partition coefficient (Wildman–Crippen LogP) is 3.72. The number of ether oxygens (including phenoxy) is 1. The maximum Gasteiger partial charge on any atom is 0.358 e. The first-order chi connectivity index (χ1) is 12.1. The van der Waals surface area contributed by atoms with Gasteiger partial charge in [0, 0.05) is 23.1 Å². The minimum absolute atomic E-state index is 0.0126. The molecule has 0 aliphatic carbocycles. The summed E-state index contributed by atoms with van der Waals surface area (Å²) in [6.07, 6.45) is 0. The fraction of sp³-hybridized carbons (Fsp3) is 0.0588. The topological polar surface area (TPSA) is 87.3 Å². The highest BCUT2D eigenvalue weighted by atomic mass is 32.2. The first-order valence-electron chi connectivity index (χ1n) is 7.24. The van der Waals surface area contributed by atoms with Crippen molar-refractivity contribution in [3.05, 3.63) is 76.5 Å². The molecule has 0 unspecified atom stereocenters. The zero-order valence-corrected chi connectivity index (χ0v) is 14.0. The van der Waals surface area contributed by atoms with E-state index in [1.807, 2.05) is 30.3 Å². The molecule has 126 valence electrons. The molecule has 7 nitrogen and oxygen atoms in total. The Morgan fingerprint density at radius 3 is 2.44 bits per heavy atom. The molecular formula is C17H13N3O4S. The summed E-state index contributed by atoms with van der Waals surface area (Å²) >= 11 is 1.43. The third-order valence-electron chi connectivity index (χ3n) is 3.34. The van der Waals surface area contributed by atoms with Crippen molar-refractivity contribution in [2.45, 2.75) is 9.92 Å². The first-order valence-corrected chi connectivity index (χ1v) is 8.06. The molecule has 2 aromatic carbocycles. The molecule has 0 spiro atoms. The summed E-state index contributed by atoms with van der Waals surface area (Å²) in [5.74, 6) is -0.546. The molecule has 1 aromatic heterocycles. The van der Waals surface area contributed by atoms with Crippen LogP contribution in [0.15, 0.2) is 70.6 Å². The Morgan fingerprint density at radius 2 is 1.84 bits per heavy atom. The molecule has 8 heteroatoms. The van der Waals surface area contributed by atoms with Crippen molar-refractivity contribution >= 4 is 23.4 Å². The second-order valence-electron chi connectivity index (χ2n) is 4.96. The molecule has 0 atom stereocenters. The van der Waals surface area contributed by atoms with E-state index in [0.717, 1.165) is 4.90 Å². The highest BCUT2D eigenvalue weighted by Crippen LogP contribution is 2.30. The number of hydrogen-bond acceptors (Lipinski definition) is 6. The molecule has 25 heavy (non-hydrogen) atoms. The van der Waals surface area contributed by atoms with Crippen LogP contribution in [0.25, 0.3) is 5.69 Å². The molecule has 1 heterocycles. The molecule has 0 N–H and O–H groups in total. The van der Waals surface area contributed by atoms with Gasteiger partial charge in [0.15, 0.2) is 5.69 Å². The number of nitro benzene ring substituents is 1. The summed E-state index contributed by atoms with van der Waals surface area (Å²) < 4.78 is 6.29. The van der Waals surface area contributed by atoms with Crippen LogP contribution in [0.1, 0.15) is 10.5 Å². The number of aromatic nitrogens is 2. The molecular weight excluding hydrogens is 342 g/mol. The number of nitro groups is 1. The van der Waals surface area contributed by atoms with E-state index in [1.54, 1.807) is 22.9 Å². The molecule has 0 aliphatic rings. The maximum absolute atomic E-state index is 11.8. The minimum Gasteiger partial charge on any atom is -0.464 e. The molecule has 0 aliphatic heterocycles. The Morgan fingerprint density at radius 1 is 1.16 bits per heavy atom. The number of esters is 1. The largest absolute Gasteiger partial charge is 0.464 e. The second kappa shape index (κ2) is 7.18. The fourth-order valence-corrected chi connectivity index (χ4v) is 3.09. The minimum atomic E-state index is -0.546. The Hall–Kier alpha value is -3.13. The number of benzene rings is 2. The van der Waals surface area contributed by atoms with Crippen LogP contribution in [0.2, 0.25) is 0 Å². The van der Waals surface area contributed by atoms with Gasteiger partial charge >= 0.3 is 5.97 Å². The van der Waals surface area contributed by atoms with E-state index in [4.69, 9.17) is 4.74 Å². The van der Waals surface area contributed by atoms with Crippen molar-refractivity contribution in [3.8, 4) is 5.69 Å². The standard InChI is InChI=1S/C17H13N3O4S/c1-24-17(21)15-11-16(25-14-5-3-2-4-6-14)19(18-15)12-7-9-13(10-8-12)20(22)23/h2-11H,1H3. The van der Waals surface area contributed by atoms with Crippen molar-refractivity contribution in [1.29, 1.82) is 0 Å². The number of nitrogens with zero attached hydrogens (tertiary/aromatic N) is 3. The van der Waals surface area contributed by atoms with Crippen molar-refractivity contribution < 1.29 is 14.5 Å². The number of carbonyl (C=O) groups excluding carboxylic acids is 1. The normalized spacial score (nSPS) is 10.4. The summed E-state index contributed by atoms with van der Waals surface area (Å²) in [5, 5.41) is 15.8. The third kappa shape index (κ3) is 3.69. The van der Waals surface area contributed by atoms with E-state index in [0.29, 0.717) is 10.7 Å². The molecule has 3 rings (SSSR count). The zero-order valence-electron chi connectivity index (χ0n) is 13.2. The summed E-state index contributed by atoms with van der Waals surface area (Å²) in [6.45, 7) is 0. The van der Waals surface area contributed by atoms with Crippen LogP contribution in [0.3, 0.4) is 0 Å².